The van der Waals surface area contributed by atoms with Crippen LogP contribution in [0.4, 0.5) is 0 Å². The number of carbonyl (C=O) groups excluding carboxylic acids is 1. The standard InChI is InChI=1S/C10H8ClN3O2/c11-6-2-1-5-4-16-8(7(5)3-6)9(15)14-10(12)13/h1-4H,(H4,12,13,14,15). The number of nitrogens with zero attached hydrogens (tertiary/aromatic N) is 1. The Labute approximate surface area is 95.7 Å². The van der Waals surface area contributed by atoms with Gasteiger partial charge in [-0.25, -0.2) is 0 Å². The second kappa shape index (κ2) is 3.86. The molecule has 0 aliphatic rings. The van der Waals surface area contributed by atoms with Crippen molar-refractivity contribution in [2.45, 2.75) is 0 Å². The largest absolute Gasteiger partial charge is 0.458 e. The molecule has 82 valence electrons. The van der Waals surface area contributed by atoms with E-state index in [2.05, 4.69) is 4.99 Å². The summed E-state index contributed by atoms with van der Waals surface area (Å²) in [6, 6.07) is 5.07. The first-order chi connectivity index (χ1) is 7.58. The fourth-order valence-electron chi connectivity index (χ4n) is 1.35. The van der Waals surface area contributed by atoms with Crippen molar-refractivity contribution in [1.29, 1.82) is 0 Å². The summed E-state index contributed by atoms with van der Waals surface area (Å²) in [5.41, 5.74) is 10.2. The molecule has 0 spiro atoms. The van der Waals surface area contributed by atoms with Crippen molar-refractivity contribution in [2.24, 2.45) is 16.5 Å². The number of furan rings is 1. The van der Waals surface area contributed by atoms with Crippen LogP contribution in [0.5, 0.6) is 0 Å². The molecule has 16 heavy (non-hydrogen) atoms. The Morgan fingerprint density at radius 3 is 2.81 bits per heavy atom. The number of guanidine groups is 1. The minimum atomic E-state index is -0.628. The van der Waals surface area contributed by atoms with E-state index in [9.17, 15) is 4.79 Å². The summed E-state index contributed by atoms with van der Waals surface area (Å²) in [7, 11) is 0. The lowest BCUT2D eigenvalue weighted by molar-refractivity contribution is 0.0978. The maximum Gasteiger partial charge on any atom is 0.316 e. The van der Waals surface area contributed by atoms with Crippen LogP contribution in [0, 0.1) is 0 Å². The summed E-state index contributed by atoms with van der Waals surface area (Å²) in [6.07, 6.45) is 1.45. The first-order valence-corrected chi connectivity index (χ1v) is 4.76. The SMILES string of the molecule is NC(N)=NC(=O)c1occ2ccc(Cl)cc12. The highest BCUT2D eigenvalue weighted by molar-refractivity contribution is 6.31. The maximum atomic E-state index is 11.6. The molecule has 2 rings (SSSR count). The summed E-state index contributed by atoms with van der Waals surface area (Å²) in [4.78, 5) is 15.0. The van der Waals surface area contributed by atoms with Crippen LogP contribution in [-0.2, 0) is 0 Å². The van der Waals surface area contributed by atoms with Gasteiger partial charge < -0.3 is 15.9 Å². The molecule has 2 aromatic rings. The van der Waals surface area contributed by atoms with E-state index in [0.29, 0.717) is 10.4 Å². The van der Waals surface area contributed by atoms with Gasteiger partial charge >= 0.3 is 5.91 Å². The minimum absolute atomic E-state index is 0.0749. The Bertz CT molecular complexity index is 585. The van der Waals surface area contributed by atoms with Crippen molar-refractivity contribution in [3.8, 4) is 0 Å². The van der Waals surface area contributed by atoms with Crippen LogP contribution in [0.1, 0.15) is 10.6 Å². The van der Waals surface area contributed by atoms with Crippen molar-refractivity contribution in [3.05, 3.63) is 35.2 Å². The highest BCUT2D eigenvalue weighted by Crippen LogP contribution is 2.25. The predicted octanol–water partition coefficient (Wildman–Crippen LogP) is 1.50. The molecule has 0 atom stereocenters. The number of halogens is 1. The number of fused-ring (bicyclic) bond motifs is 1. The molecule has 0 unspecified atom stereocenters. The van der Waals surface area contributed by atoms with E-state index >= 15 is 0 Å². The lowest BCUT2D eigenvalue weighted by atomic mass is 10.2. The highest BCUT2D eigenvalue weighted by atomic mass is 35.5. The normalized spacial score (nSPS) is 10.3. The van der Waals surface area contributed by atoms with Crippen LogP contribution >= 0.6 is 11.6 Å². The van der Waals surface area contributed by atoms with Crippen LogP contribution < -0.4 is 11.5 Å². The number of rotatable bonds is 1. The summed E-state index contributed by atoms with van der Waals surface area (Å²) in [6.45, 7) is 0. The quantitative estimate of drug-likeness (QED) is 0.580. The maximum absolute atomic E-state index is 11.6. The van der Waals surface area contributed by atoms with E-state index in [4.69, 9.17) is 27.5 Å². The van der Waals surface area contributed by atoms with Crippen molar-refractivity contribution < 1.29 is 9.21 Å². The third-order valence-corrected chi connectivity index (χ3v) is 2.22. The number of hydrogen-bond donors (Lipinski definition) is 2. The van der Waals surface area contributed by atoms with Crippen LogP contribution in [0.25, 0.3) is 10.8 Å². The van der Waals surface area contributed by atoms with Crippen molar-refractivity contribution in [1.82, 2.24) is 0 Å². The fraction of sp³-hybridized carbons (Fsp3) is 0. The Hall–Kier alpha value is -2.01. The van der Waals surface area contributed by atoms with Gasteiger partial charge in [0.05, 0.1) is 6.26 Å². The highest BCUT2D eigenvalue weighted by Gasteiger charge is 2.14. The van der Waals surface area contributed by atoms with Crippen LogP contribution in [0.15, 0.2) is 33.9 Å². The molecule has 6 heteroatoms. The van der Waals surface area contributed by atoms with Crippen molar-refractivity contribution in [2.75, 3.05) is 0 Å². The monoisotopic (exact) mass is 237 g/mol. The number of benzene rings is 1. The average molecular weight is 238 g/mol. The molecule has 1 amide bonds. The molecular formula is C10H8ClN3O2. The number of hydrogen-bond acceptors (Lipinski definition) is 2. The van der Waals surface area contributed by atoms with Gasteiger partial charge in [-0.05, 0) is 18.2 Å². The first kappa shape index (κ1) is 10.5. The van der Waals surface area contributed by atoms with Gasteiger partial charge in [0.25, 0.3) is 0 Å². The molecule has 0 saturated carbocycles. The lowest BCUT2D eigenvalue weighted by Gasteiger charge is -1.93. The van der Waals surface area contributed by atoms with Gasteiger partial charge in [-0.3, -0.25) is 4.79 Å². The van der Waals surface area contributed by atoms with Crippen LogP contribution in [-0.4, -0.2) is 11.9 Å². The number of nitrogens with two attached hydrogens (primary N) is 2. The van der Waals surface area contributed by atoms with Gasteiger partial charge in [0, 0.05) is 15.8 Å². The van der Waals surface area contributed by atoms with Crippen LogP contribution in [0.3, 0.4) is 0 Å². The zero-order valence-corrected chi connectivity index (χ0v) is 8.86. The Morgan fingerprint density at radius 1 is 1.38 bits per heavy atom. The molecule has 1 heterocycles. The Balaban J connectivity index is 2.57. The van der Waals surface area contributed by atoms with E-state index < -0.39 is 5.91 Å². The summed E-state index contributed by atoms with van der Waals surface area (Å²) < 4.78 is 5.11. The van der Waals surface area contributed by atoms with Gasteiger partial charge in [0.1, 0.15) is 0 Å². The average Bonchev–Trinajstić information content (AvgIpc) is 2.59. The molecule has 0 bridgehead atoms. The number of amides is 1. The van der Waals surface area contributed by atoms with Crippen LogP contribution in [0.2, 0.25) is 5.02 Å². The predicted molar refractivity (Wildman–Crippen MR) is 61.4 cm³/mol. The van der Waals surface area contributed by atoms with E-state index in [-0.39, 0.29) is 11.7 Å². The molecule has 5 nitrogen and oxygen atoms in total. The van der Waals surface area contributed by atoms with Gasteiger partial charge in [0.15, 0.2) is 5.96 Å². The van der Waals surface area contributed by atoms with Gasteiger partial charge in [0.2, 0.25) is 5.76 Å². The van der Waals surface area contributed by atoms with E-state index in [1.165, 1.54) is 6.26 Å². The molecule has 1 aromatic carbocycles. The molecule has 1 aromatic heterocycles. The second-order valence-corrected chi connectivity index (χ2v) is 3.57. The smallest absolute Gasteiger partial charge is 0.316 e. The lowest BCUT2D eigenvalue weighted by Crippen LogP contribution is -2.24. The zero-order valence-electron chi connectivity index (χ0n) is 8.11. The second-order valence-electron chi connectivity index (χ2n) is 3.14. The third kappa shape index (κ3) is 1.85. The summed E-state index contributed by atoms with van der Waals surface area (Å²) in [5, 5.41) is 1.86. The van der Waals surface area contributed by atoms with E-state index in [1.807, 2.05) is 0 Å². The molecule has 0 aliphatic heterocycles. The molecule has 0 saturated heterocycles. The summed E-state index contributed by atoms with van der Waals surface area (Å²) in [5.74, 6) is -0.861. The molecular weight excluding hydrogens is 230 g/mol. The first-order valence-electron chi connectivity index (χ1n) is 4.38. The zero-order chi connectivity index (χ0) is 11.7. The van der Waals surface area contributed by atoms with E-state index in [0.717, 1.165) is 5.39 Å². The number of carbonyl (C=O) groups is 1. The fourth-order valence-corrected chi connectivity index (χ4v) is 1.52. The Morgan fingerprint density at radius 2 is 2.12 bits per heavy atom. The molecule has 0 radical (unpaired) electrons. The van der Waals surface area contributed by atoms with Crippen molar-refractivity contribution in [3.63, 3.8) is 0 Å². The van der Waals surface area contributed by atoms with Gasteiger partial charge in [-0.2, -0.15) is 4.99 Å². The molecule has 0 aliphatic carbocycles. The minimum Gasteiger partial charge on any atom is -0.458 e. The number of aliphatic imine (C=N–C) groups is 1. The molecule has 0 fully saturated rings. The molecule has 4 N–H and O–H groups in total. The summed E-state index contributed by atoms with van der Waals surface area (Å²) >= 11 is 5.82. The van der Waals surface area contributed by atoms with Gasteiger partial charge in [-0.15, -0.1) is 0 Å². The Kier molecular flexibility index (Phi) is 2.54. The van der Waals surface area contributed by atoms with Crippen molar-refractivity contribution >= 4 is 34.2 Å². The van der Waals surface area contributed by atoms with Gasteiger partial charge in [-0.1, -0.05) is 11.6 Å². The third-order valence-electron chi connectivity index (χ3n) is 1.99. The van der Waals surface area contributed by atoms with E-state index in [1.54, 1.807) is 18.2 Å². The topological polar surface area (TPSA) is 94.6 Å².